The molecule has 0 bridgehead atoms. The molecule has 1 N–H and O–H groups in total. The third kappa shape index (κ3) is 5.22. The number of ether oxygens (including phenoxy) is 1. The van der Waals surface area contributed by atoms with Gasteiger partial charge < -0.3 is 9.64 Å². The van der Waals surface area contributed by atoms with E-state index in [1.807, 2.05) is 39.0 Å². The number of carbonyl (C=O) groups excluding carboxylic acids is 1. The first-order valence-electron chi connectivity index (χ1n) is 8.06. The minimum atomic E-state index is -0.509. The number of nitrogens with one attached hydrogen (secondary N) is 1. The maximum Gasteiger partial charge on any atom is 0.410 e. The molecule has 2 rings (SSSR count). The van der Waals surface area contributed by atoms with Crippen molar-refractivity contribution in [3.8, 4) is 12.1 Å². The fraction of sp³-hybridized carbons (Fsp3) is 0.444. The average molecular weight is 339 g/mol. The molecule has 1 aromatic rings. The lowest BCUT2D eigenvalue weighted by Crippen LogP contribution is -2.38. The number of benzene rings is 1. The first kappa shape index (κ1) is 18.3. The Bertz CT molecular complexity index is 749. The molecule has 1 aromatic carbocycles. The van der Waals surface area contributed by atoms with Gasteiger partial charge in [0, 0.05) is 13.1 Å². The zero-order valence-electron chi connectivity index (χ0n) is 14.7. The Morgan fingerprint density at radius 1 is 1.20 bits per heavy atom. The fourth-order valence-electron chi connectivity index (χ4n) is 2.50. The molecule has 0 saturated carbocycles. The maximum absolute atomic E-state index is 12.2. The number of fused-ring (bicyclic) bond motifs is 1. The van der Waals surface area contributed by atoms with Crippen LogP contribution in [0.15, 0.2) is 23.3 Å². The van der Waals surface area contributed by atoms with E-state index < -0.39 is 5.60 Å². The van der Waals surface area contributed by atoms with Crippen molar-refractivity contribution in [2.45, 2.75) is 39.2 Å². The highest BCUT2D eigenvalue weighted by Crippen LogP contribution is 2.21. The van der Waals surface area contributed by atoms with E-state index in [4.69, 9.17) is 15.3 Å². The molecule has 0 fully saturated rings. The summed E-state index contributed by atoms with van der Waals surface area (Å²) in [6, 6.07) is 9.15. The van der Waals surface area contributed by atoms with E-state index in [0.29, 0.717) is 25.2 Å². The molecule has 0 radical (unpaired) electrons. The van der Waals surface area contributed by atoms with Crippen LogP contribution in [0.1, 0.15) is 31.9 Å². The van der Waals surface area contributed by atoms with Gasteiger partial charge in [-0.1, -0.05) is 6.07 Å². The van der Waals surface area contributed by atoms with E-state index in [0.717, 1.165) is 12.0 Å². The fourth-order valence-corrected chi connectivity index (χ4v) is 2.50. The highest BCUT2D eigenvalue weighted by molar-refractivity contribution is 6.10. The molecule has 1 amide bonds. The van der Waals surface area contributed by atoms with Crippen LogP contribution in [0.3, 0.4) is 0 Å². The van der Waals surface area contributed by atoms with Crippen molar-refractivity contribution in [3.63, 3.8) is 0 Å². The Morgan fingerprint density at radius 2 is 1.84 bits per heavy atom. The number of hydrogen-bond acceptors (Lipinski definition) is 6. The van der Waals surface area contributed by atoms with Crippen molar-refractivity contribution in [2.75, 3.05) is 18.5 Å². The SMILES string of the molecule is CC(C)(C)OC(=O)N1CCc2ccc(NN=C(C#N)C#N)cc2CC1. The molecule has 7 nitrogen and oxygen atoms in total. The van der Waals surface area contributed by atoms with Crippen LogP contribution in [-0.2, 0) is 17.6 Å². The summed E-state index contributed by atoms with van der Waals surface area (Å²) in [4.78, 5) is 14.0. The van der Waals surface area contributed by atoms with E-state index >= 15 is 0 Å². The molecule has 0 spiro atoms. The predicted molar refractivity (Wildman–Crippen MR) is 93.9 cm³/mol. The first-order valence-corrected chi connectivity index (χ1v) is 8.06. The summed E-state index contributed by atoms with van der Waals surface area (Å²) in [5.74, 6) is 0. The van der Waals surface area contributed by atoms with Crippen molar-refractivity contribution in [1.82, 2.24) is 4.90 Å². The lowest BCUT2D eigenvalue weighted by atomic mass is 10.0. The van der Waals surface area contributed by atoms with Crippen LogP contribution in [0, 0.1) is 22.7 Å². The van der Waals surface area contributed by atoms with Crippen LogP contribution in [0.4, 0.5) is 10.5 Å². The summed E-state index contributed by atoms with van der Waals surface area (Å²) in [7, 11) is 0. The molecule has 0 aliphatic carbocycles. The lowest BCUT2D eigenvalue weighted by Gasteiger charge is -2.26. The molecule has 130 valence electrons. The first-order chi connectivity index (χ1) is 11.8. The zero-order chi connectivity index (χ0) is 18.4. The molecular formula is C18H21N5O2. The van der Waals surface area contributed by atoms with Gasteiger partial charge in [-0.3, -0.25) is 5.43 Å². The summed E-state index contributed by atoms with van der Waals surface area (Å²) < 4.78 is 5.44. The summed E-state index contributed by atoms with van der Waals surface area (Å²) in [6.07, 6.45) is 1.16. The van der Waals surface area contributed by atoms with Gasteiger partial charge in [-0.15, -0.1) is 0 Å². The summed E-state index contributed by atoms with van der Waals surface area (Å²) in [5.41, 5.74) is 4.96. The quantitative estimate of drug-likeness (QED) is 0.659. The number of nitrogens with zero attached hydrogens (tertiary/aromatic N) is 4. The maximum atomic E-state index is 12.2. The van der Waals surface area contributed by atoms with Gasteiger partial charge in [0.15, 0.2) is 0 Å². The van der Waals surface area contributed by atoms with Gasteiger partial charge in [0.05, 0.1) is 5.69 Å². The van der Waals surface area contributed by atoms with Gasteiger partial charge in [0.2, 0.25) is 5.71 Å². The second kappa shape index (κ2) is 7.67. The van der Waals surface area contributed by atoms with Gasteiger partial charge >= 0.3 is 6.09 Å². The number of amides is 1. The molecular weight excluding hydrogens is 318 g/mol. The zero-order valence-corrected chi connectivity index (χ0v) is 14.7. The van der Waals surface area contributed by atoms with Crippen molar-refractivity contribution in [2.24, 2.45) is 5.10 Å². The largest absolute Gasteiger partial charge is 0.444 e. The number of nitriles is 2. The van der Waals surface area contributed by atoms with Crippen LogP contribution in [0.2, 0.25) is 0 Å². The highest BCUT2D eigenvalue weighted by Gasteiger charge is 2.24. The third-order valence-electron chi connectivity index (χ3n) is 3.67. The molecule has 1 heterocycles. The molecule has 0 aromatic heterocycles. The molecule has 7 heteroatoms. The Hall–Kier alpha value is -3.06. The van der Waals surface area contributed by atoms with Crippen molar-refractivity contribution in [3.05, 3.63) is 29.3 Å². The smallest absolute Gasteiger partial charge is 0.410 e. The Kier molecular flexibility index (Phi) is 5.61. The summed E-state index contributed by atoms with van der Waals surface area (Å²) >= 11 is 0. The summed E-state index contributed by atoms with van der Waals surface area (Å²) in [5, 5.41) is 21.2. The van der Waals surface area contributed by atoms with E-state index in [9.17, 15) is 4.79 Å². The number of hydrogen-bond donors (Lipinski definition) is 1. The summed E-state index contributed by atoms with van der Waals surface area (Å²) in [6.45, 7) is 6.75. The van der Waals surface area contributed by atoms with Crippen molar-refractivity contribution in [1.29, 1.82) is 10.5 Å². The Balaban J connectivity index is 2.07. The Morgan fingerprint density at radius 3 is 2.44 bits per heavy atom. The van der Waals surface area contributed by atoms with Crippen molar-refractivity contribution >= 4 is 17.5 Å². The number of carbonyl (C=O) groups is 1. The van der Waals surface area contributed by atoms with E-state index in [1.54, 1.807) is 17.0 Å². The van der Waals surface area contributed by atoms with Crippen LogP contribution in [0.5, 0.6) is 0 Å². The molecule has 0 unspecified atom stereocenters. The van der Waals surface area contributed by atoms with E-state index in [2.05, 4.69) is 10.5 Å². The van der Waals surface area contributed by atoms with Crippen LogP contribution >= 0.6 is 0 Å². The minimum absolute atomic E-state index is 0.231. The van der Waals surface area contributed by atoms with Gasteiger partial charge in [0.1, 0.15) is 17.7 Å². The number of rotatable bonds is 2. The third-order valence-corrected chi connectivity index (χ3v) is 3.67. The standard InChI is InChI=1S/C18H21N5O2/c1-18(2,3)25-17(24)23-8-6-13-4-5-15(10-14(13)7-9-23)21-22-16(11-19)12-20/h4-5,10,21H,6-9H2,1-3H3. The highest BCUT2D eigenvalue weighted by atomic mass is 16.6. The second-order valence-corrected chi connectivity index (χ2v) is 6.75. The normalized spacial score (nSPS) is 13.6. The molecule has 25 heavy (non-hydrogen) atoms. The Labute approximate surface area is 147 Å². The average Bonchev–Trinajstić information content (AvgIpc) is 2.76. The van der Waals surface area contributed by atoms with Gasteiger partial charge in [-0.05, 0) is 56.9 Å². The van der Waals surface area contributed by atoms with E-state index in [1.165, 1.54) is 5.56 Å². The minimum Gasteiger partial charge on any atom is -0.444 e. The number of hydrazone groups is 1. The second-order valence-electron chi connectivity index (χ2n) is 6.75. The molecule has 1 aliphatic heterocycles. The van der Waals surface area contributed by atoms with E-state index in [-0.39, 0.29) is 11.8 Å². The predicted octanol–water partition coefficient (Wildman–Crippen LogP) is 2.84. The van der Waals surface area contributed by atoms with Crippen molar-refractivity contribution < 1.29 is 9.53 Å². The van der Waals surface area contributed by atoms with Gasteiger partial charge in [0.25, 0.3) is 0 Å². The lowest BCUT2D eigenvalue weighted by molar-refractivity contribution is 0.0258. The number of anilines is 1. The van der Waals surface area contributed by atoms with Crippen LogP contribution in [-0.4, -0.2) is 35.4 Å². The topological polar surface area (TPSA) is 102 Å². The molecule has 1 aliphatic rings. The van der Waals surface area contributed by atoms with Crippen LogP contribution in [0.25, 0.3) is 0 Å². The van der Waals surface area contributed by atoms with Gasteiger partial charge in [-0.25, -0.2) is 4.79 Å². The molecule has 0 atom stereocenters. The monoisotopic (exact) mass is 339 g/mol. The molecule has 0 saturated heterocycles. The van der Waals surface area contributed by atoms with Gasteiger partial charge in [-0.2, -0.15) is 15.6 Å². The van der Waals surface area contributed by atoms with Crippen LogP contribution < -0.4 is 5.43 Å².